The monoisotopic (exact) mass is 544 g/mol. The van der Waals surface area contributed by atoms with E-state index >= 15 is 0 Å². The Balaban J connectivity index is 1.38. The zero-order chi connectivity index (χ0) is 16.5. The molecule has 5 rings (SSSR count). The number of nitrogens with one attached hydrogen (secondary N) is 2. The molecule has 3 aliphatic carbocycles. The summed E-state index contributed by atoms with van der Waals surface area (Å²) < 4.78 is 12.7. The van der Waals surface area contributed by atoms with Crippen molar-refractivity contribution >= 4 is 48.9 Å². The average molecular weight is 544 g/mol. The van der Waals surface area contributed by atoms with E-state index in [1.165, 1.54) is 32.1 Å². The molecule has 130 valence electrons. The summed E-state index contributed by atoms with van der Waals surface area (Å²) >= 11 is 1.16. The van der Waals surface area contributed by atoms with Gasteiger partial charge < -0.3 is 0 Å². The summed E-state index contributed by atoms with van der Waals surface area (Å²) in [6.07, 6.45) is 6.61. The quantitative estimate of drug-likeness (QED) is 0.141. The molecule has 0 amide bonds. The van der Waals surface area contributed by atoms with Crippen molar-refractivity contribution < 1.29 is 9.53 Å². The number of hydrogen-bond acceptors (Lipinski definition) is 4. The van der Waals surface area contributed by atoms with Gasteiger partial charge in [0.25, 0.3) is 0 Å². The van der Waals surface area contributed by atoms with E-state index in [2.05, 4.69) is 50.4 Å². The first-order valence-corrected chi connectivity index (χ1v) is 13.1. The molecule has 2 aliphatic heterocycles. The molecule has 1 spiro atoms. The third kappa shape index (κ3) is 1.92. The number of hydrogen-bond donors (Lipinski definition) is 2. The predicted octanol–water partition coefficient (Wildman–Crippen LogP) is 3.91. The molecule has 2 N–H and O–H groups in total. The molecule has 5 unspecified atom stereocenters. The Morgan fingerprint density at radius 3 is 2.48 bits per heavy atom. The fourth-order valence-electron chi connectivity index (χ4n) is 5.93. The Labute approximate surface area is 159 Å². The van der Waals surface area contributed by atoms with Crippen LogP contribution in [-0.2, 0) is 9.53 Å². The third-order valence-corrected chi connectivity index (χ3v) is 14.6. The van der Waals surface area contributed by atoms with Crippen LogP contribution in [0.4, 0.5) is 0 Å². The first-order chi connectivity index (χ1) is 10.6. The number of halogens is 2. The molecule has 0 radical (unpaired) electrons. The van der Waals surface area contributed by atoms with Crippen LogP contribution in [0.5, 0.6) is 0 Å². The second-order valence-corrected chi connectivity index (χ2v) is 15.9. The van der Waals surface area contributed by atoms with Gasteiger partial charge in [0, 0.05) is 0 Å². The summed E-state index contributed by atoms with van der Waals surface area (Å²) in [5.74, 6) is 1.65. The normalized spacial score (nSPS) is 48.8. The fourth-order valence-corrected chi connectivity index (χ4v) is 13.7. The molecule has 5 fully saturated rings. The number of carbonyl (C=O) groups excluding carboxylic acids is 1. The van der Waals surface area contributed by atoms with E-state index < -0.39 is 23.8 Å². The van der Waals surface area contributed by atoms with Gasteiger partial charge in [-0.25, -0.2) is 0 Å². The van der Waals surface area contributed by atoms with Crippen molar-refractivity contribution in [2.24, 2.45) is 22.7 Å². The molecule has 0 aromatic carbocycles. The first kappa shape index (κ1) is 16.1. The van der Waals surface area contributed by atoms with Gasteiger partial charge >= 0.3 is 161 Å². The van der Waals surface area contributed by atoms with Crippen molar-refractivity contribution in [1.82, 2.24) is 7.06 Å². The van der Waals surface area contributed by atoms with Crippen LogP contribution in [0.2, 0.25) is 0 Å². The van der Waals surface area contributed by atoms with E-state index in [0.717, 1.165) is 11.8 Å². The molecule has 6 heteroatoms. The molecule has 5 atom stereocenters. The van der Waals surface area contributed by atoms with E-state index in [9.17, 15) is 4.79 Å². The molecule has 2 bridgehead atoms. The van der Waals surface area contributed by atoms with Gasteiger partial charge in [-0.3, -0.25) is 0 Å². The van der Waals surface area contributed by atoms with Gasteiger partial charge in [-0.1, -0.05) is 0 Å². The number of esters is 1. The predicted molar refractivity (Wildman–Crippen MR) is 106 cm³/mol. The zero-order valence-electron chi connectivity index (χ0n) is 14.3. The Morgan fingerprint density at radius 1 is 1.22 bits per heavy atom. The number of ether oxygens (including phenoxy) is 1. The molecule has 4 nitrogen and oxygen atoms in total. The van der Waals surface area contributed by atoms with Gasteiger partial charge in [0.15, 0.2) is 0 Å². The molecule has 2 heterocycles. The molecule has 0 aromatic heterocycles. The Kier molecular flexibility index (Phi) is 2.95. The van der Waals surface area contributed by atoms with Crippen LogP contribution in [0.1, 0.15) is 59.8 Å². The van der Waals surface area contributed by atoms with Crippen LogP contribution >= 0.6 is 43.0 Å². The van der Waals surface area contributed by atoms with Gasteiger partial charge in [-0.2, -0.15) is 0 Å². The van der Waals surface area contributed by atoms with Gasteiger partial charge in [-0.15, -0.1) is 0 Å². The number of alkyl halides is 2. The minimum absolute atomic E-state index is 0.0253. The molecule has 2 saturated heterocycles. The molecule has 3 saturated carbocycles. The minimum atomic E-state index is -1.15. The Morgan fingerprint density at radius 2 is 1.87 bits per heavy atom. The molecule has 23 heavy (non-hydrogen) atoms. The van der Waals surface area contributed by atoms with E-state index in [4.69, 9.17) is 4.74 Å². The van der Waals surface area contributed by atoms with Gasteiger partial charge in [0.05, 0.1) is 0 Å². The summed E-state index contributed by atoms with van der Waals surface area (Å²) in [5, 5.41) is 0. The molecular formula is C17H26I2N2O2. The molecule has 5 aliphatic rings. The van der Waals surface area contributed by atoms with Crippen molar-refractivity contribution in [2.45, 2.75) is 72.5 Å². The van der Waals surface area contributed by atoms with Gasteiger partial charge in [-0.05, 0) is 0 Å². The average Bonchev–Trinajstić information content (AvgIpc) is 3.27. The van der Waals surface area contributed by atoms with Crippen LogP contribution in [0, 0.1) is 22.7 Å². The number of rotatable bonds is 4. The standard InChI is InChI=1S/C17H26I2N2O2/c1-10-5-15-7-11(15)8-16(6-10,9-15)13(2,3)23-12(22)14(4,18)17-19(20-17)21-17/h10-11,20-21H,5-9H2,1-4H3. The van der Waals surface area contributed by atoms with Gasteiger partial charge in [0.2, 0.25) is 0 Å². The van der Waals surface area contributed by atoms with E-state index in [1.807, 2.05) is 6.92 Å². The van der Waals surface area contributed by atoms with Crippen molar-refractivity contribution in [3.8, 4) is 0 Å². The molecular weight excluding hydrogens is 518 g/mol. The third-order valence-electron chi connectivity index (χ3n) is 7.50. The van der Waals surface area contributed by atoms with E-state index in [0.29, 0.717) is 5.41 Å². The Bertz CT molecular complexity index is 612. The summed E-state index contributed by atoms with van der Waals surface area (Å²) in [5.41, 5.74) is 0.466. The summed E-state index contributed by atoms with van der Waals surface area (Å²) in [4.78, 5) is 13.0. The number of fused-ring (bicyclic) bond motifs is 2. The topological polar surface area (TPSA) is 70.2 Å². The van der Waals surface area contributed by atoms with Crippen LogP contribution in [0.15, 0.2) is 0 Å². The Hall–Kier alpha value is 0.850. The van der Waals surface area contributed by atoms with Crippen molar-refractivity contribution in [1.29, 1.82) is 0 Å². The SMILES string of the molecule is CC1CC23CC2CC(C(C)(C)OC(=O)C(C)(I)C24NI2N4)(C1)C3. The van der Waals surface area contributed by atoms with Crippen LogP contribution in [0.3, 0.4) is 0 Å². The summed E-state index contributed by atoms with van der Waals surface area (Å²) in [7, 11) is 0. The van der Waals surface area contributed by atoms with Crippen LogP contribution in [0.25, 0.3) is 0 Å². The second-order valence-electron chi connectivity index (χ2n) is 9.47. The zero-order valence-corrected chi connectivity index (χ0v) is 18.6. The van der Waals surface area contributed by atoms with Crippen molar-refractivity contribution in [2.75, 3.05) is 0 Å². The second kappa shape index (κ2) is 4.22. The van der Waals surface area contributed by atoms with Crippen LogP contribution in [-0.4, -0.2) is 18.7 Å². The molecule has 0 aromatic rings. The number of carbonyl (C=O) groups is 1. The maximum absolute atomic E-state index is 13.0. The fraction of sp³-hybridized carbons (Fsp3) is 0.941. The van der Waals surface area contributed by atoms with E-state index in [1.54, 1.807) is 0 Å². The van der Waals surface area contributed by atoms with Crippen molar-refractivity contribution in [3.63, 3.8) is 0 Å². The maximum atomic E-state index is 13.0. The van der Waals surface area contributed by atoms with Crippen molar-refractivity contribution in [3.05, 3.63) is 0 Å². The first-order valence-electron chi connectivity index (χ1n) is 8.74. The summed E-state index contributed by atoms with van der Waals surface area (Å²) in [6.45, 7) is 8.80. The van der Waals surface area contributed by atoms with E-state index in [-0.39, 0.29) is 20.7 Å². The van der Waals surface area contributed by atoms with Gasteiger partial charge in [0.1, 0.15) is 0 Å². The van der Waals surface area contributed by atoms with Crippen LogP contribution < -0.4 is 7.06 Å². The summed E-state index contributed by atoms with van der Waals surface area (Å²) in [6, 6.07) is 0.